The van der Waals surface area contributed by atoms with Crippen molar-refractivity contribution < 1.29 is 9.32 Å². The highest BCUT2D eigenvalue weighted by Gasteiger charge is 2.30. The molecular weight excluding hydrogens is 304 g/mol. The molecule has 6 nitrogen and oxygen atoms in total. The highest BCUT2D eigenvalue weighted by atomic mass is 35.5. The summed E-state index contributed by atoms with van der Waals surface area (Å²) in [7, 11) is 1.89. The monoisotopic (exact) mass is 322 g/mol. The molecule has 0 aromatic carbocycles. The lowest BCUT2D eigenvalue weighted by Crippen LogP contribution is -2.30. The molecule has 1 atom stereocenters. The number of rotatable bonds is 4. The lowest BCUT2D eigenvalue weighted by molar-refractivity contribution is -0.132. The fourth-order valence-corrected chi connectivity index (χ4v) is 3.31. The van der Waals surface area contributed by atoms with Crippen LogP contribution < -0.4 is 0 Å². The highest BCUT2D eigenvalue weighted by Crippen LogP contribution is 2.32. The standard InChI is InChI=1S/C15H19ClN4O2/c1-10-12(15(16)22-18-10)5-6-14(21)20-7-3-4-13(20)11-8-17-19(2)9-11/h8-9,13H,3-7H2,1-2H3/t13-/m1/s1. The Labute approximate surface area is 134 Å². The molecular formula is C15H19ClN4O2. The summed E-state index contributed by atoms with van der Waals surface area (Å²) in [6.45, 7) is 2.64. The molecule has 1 saturated heterocycles. The predicted octanol–water partition coefficient (Wildman–Crippen LogP) is 2.67. The summed E-state index contributed by atoms with van der Waals surface area (Å²) in [6, 6.07) is 0.139. The Morgan fingerprint density at radius 3 is 3.00 bits per heavy atom. The zero-order valence-electron chi connectivity index (χ0n) is 12.8. The molecule has 1 fully saturated rings. The quantitative estimate of drug-likeness (QED) is 0.868. The van der Waals surface area contributed by atoms with Crippen LogP contribution in [-0.2, 0) is 18.3 Å². The largest absolute Gasteiger partial charge is 0.344 e. The molecule has 0 saturated carbocycles. The lowest BCUT2D eigenvalue weighted by Gasteiger charge is -2.24. The predicted molar refractivity (Wildman–Crippen MR) is 81.5 cm³/mol. The number of hydrogen-bond donors (Lipinski definition) is 0. The van der Waals surface area contributed by atoms with Gasteiger partial charge in [-0.1, -0.05) is 5.16 Å². The second-order valence-corrected chi connectivity index (χ2v) is 6.06. The number of carbonyl (C=O) groups excluding carboxylic acids is 1. The number of halogens is 1. The van der Waals surface area contributed by atoms with Crippen molar-refractivity contribution in [2.45, 2.75) is 38.6 Å². The van der Waals surface area contributed by atoms with Crippen LogP contribution in [0.2, 0.25) is 5.22 Å². The van der Waals surface area contributed by atoms with Gasteiger partial charge in [-0.15, -0.1) is 0 Å². The van der Waals surface area contributed by atoms with Gasteiger partial charge in [-0.3, -0.25) is 9.48 Å². The topological polar surface area (TPSA) is 64.2 Å². The average molecular weight is 323 g/mol. The van der Waals surface area contributed by atoms with Gasteiger partial charge in [0.25, 0.3) is 0 Å². The lowest BCUT2D eigenvalue weighted by atomic mass is 10.1. The van der Waals surface area contributed by atoms with Gasteiger partial charge in [0.05, 0.1) is 17.9 Å². The number of likely N-dealkylation sites (tertiary alicyclic amines) is 1. The van der Waals surface area contributed by atoms with E-state index in [1.54, 1.807) is 4.68 Å². The number of aromatic nitrogens is 3. The number of amides is 1. The zero-order valence-corrected chi connectivity index (χ0v) is 13.5. The van der Waals surface area contributed by atoms with Crippen LogP contribution in [0.15, 0.2) is 16.9 Å². The fraction of sp³-hybridized carbons (Fsp3) is 0.533. The van der Waals surface area contributed by atoms with Crippen LogP contribution in [0.4, 0.5) is 0 Å². The Hall–Kier alpha value is -1.82. The van der Waals surface area contributed by atoms with Gasteiger partial charge in [-0.25, -0.2) is 0 Å². The first-order valence-electron chi connectivity index (χ1n) is 7.45. The van der Waals surface area contributed by atoms with Gasteiger partial charge in [-0.2, -0.15) is 5.10 Å². The number of aryl methyl sites for hydroxylation is 2. The number of nitrogens with zero attached hydrogens (tertiary/aromatic N) is 4. The molecule has 1 aliphatic heterocycles. The van der Waals surface area contributed by atoms with Gasteiger partial charge < -0.3 is 9.42 Å². The smallest absolute Gasteiger partial charge is 0.229 e. The van der Waals surface area contributed by atoms with Crippen molar-refractivity contribution in [2.24, 2.45) is 7.05 Å². The van der Waals surface area contributed by atoms with Gasteiger partial charge in [0.2, 0.25) is 11.1 Å². The molecule has 3 heterocycles. The fourth-order valence-electron chi connectivity index (χ4n) is 3.04. The van der Waals surface area contributed by atoms with Crippen molar-refractivity contribution in [3.05, 3.63) is 34.4 Å². The van der Waals surface area contributed by atoms with E-state index in [2.05, 4.69) is 10.3 Å². The maximum Gasteiger partial charge on any atom is 0.229 e. The maximum atomic E-state index is 12.6. The van der Waals surface area contributed by atoms with Crippen molar-refractivity contribution in [3.63, 3.8) is 0 Å². The van der Waals surface area contributed by atoms with Gasteiger partial charge in [0.1, 0.15) is 0 Å². The van der Waals surface area contributed by atoms with E-state index >= 15 is 0 Å². The van der Waals surface area contributed by atoms with Gasteiger partial charge in [-0.05, 0) is 37.8 Å². The Bertz CT molecular complexity index is 659. The molecule has 0 radical (unpaired) electrons. The van der Waals surface area contributed by atoms with E-state index in [9.17, 15) is 4.79 Å². The molecule has 2 aromatic rings. The van der Waals surface area contributed by atoms with Crippen LogP contribution in [0.1, 0.15) is 42.1 Å². The van der Waals surface area contributed by atoms with E-state index in [4.69, 9.17) is 16.1 Å². The zero-order chi connectivity index (χ0) is 15.7. The van der Waals surface area contributed by atoms with Gasteiger partial charge in [0.15, 0.2) is 0 Å². The average Bonchev–Trinajstić information content (AvgIpc) is 3.18. The van der Waals surface area contributed by atoms with E-state index in [0.29, 0.717) is 12.8 Å². The van der Waals surface area contributed by atoms with Crippen LogP contribution in [0.5, 0.6) is 0 Å². The van der Waals surface area contributed by atoms with Crippen LogP contribution in [0.25, 0.3) is 0 Å². The molecule has 0 aliphatic carbocycles. The molecule has 1 aliphatic rings. The SMILES string of the molecule is Cc1noc(Cl)c1CCC(=O)N1CCC[C@@H]1c1cnn(C)c1. The molecule has 7 heteroatoms. The molecule has 2 aromatic heterocycles. The Morgan fingerprint density at radius 1 is 1.55 bits per heavy atom. The van der Waals surface area contributed by atoms with Crippen molar-refractivity contribution in [3.8, 4) is 0 Å². The second-order valence-electron chi connectivity index (χ2n) is 5.71. The third-order valence-corrected chi connectivity index (χ3v) is 4.51. The first-order chi connectivity index (χ1) is 10.6. The molecule has 22 heavy (non-hydrogen) atoms. The summed E-state index contributed by atoms with van der Waals surface area (Å²) in [6.07, 6.45) is 6.82. The number of hydrogen-bond acceptors (Lipinski definition) is 4. The Kier molecular flexibility index (Phi) is 4.20. The summed E-state index contributed by atoms with van der Waals surface area (Å²) < 4.78 is 6.70. The molecule has 3 rings (SSSR count). The first kappa shape index (κ1) is 15.1. The van der Waals surface area contributed by atoms with Crippen LogP contribution in [0, 0.1) is 6.92 Å². The number of carbonyl (C=O) groups is 1. The summed E-state index contributed by atoms with van der Waals surface area (Å²) in [5.74, 6) is 0.142. The van der Waals surface area contributed by atoms with Crippen molar-refractivity contribution in [1.29, 1.82) is 0 Å². The second kappa shape index (κ2) is 6.12. The minimum atomic E-state index is 0.139. The van der Waals surface area contributed by atoms with Gasteiger partial charge >= 0.3 is 0 Å². The summed E-state index contributed by atoms with van der Waals surface area (Å²) in [4.78, 5) is 14.5. The molecule has 118 valence electrons. The minimum absolute atomic E-state index is 0.139. The van der Waals surface area contributed by atoms with E-state index in [-0.39, 0.29) is 17.2 Å². The van der Waals surface area contributed by atoms with Crippen LogP contribution in [0.3, 0.4) is 0 Å². The minimum Gasteiger partial charge on any atom is -0.344 e. The summed E-state index contributed by atoms with van der Waals surface area (Å²) in [5.41, 5.74) is 2.68. The normalized spacial score (nSPS) is 18.1. The van der Waals surface area contributed by atoms with Gasteiger partial charge in [0, 0.05) is 37.3 Å². The van der Waals surface area contributed by atoms with E-state index in [1.165, 1.54) is 0 Å². The van der Waals surface area contributed by atoms with Crippen LogP contribution >= 0.6 is 11.6 Å². The van der Waals surface area contributed by atoms with Crippen molar-refractivity contribution >= 4 is 17.5 Å². The summed E-state index contributed by atoms with van der Waals surface area (Å²) >= 11 is 5.95. The van der Waals surface area contributed by atoms with E-state index < -0.39 is 0 Å². The van der Waals surface area contributed by atoms with Crippen molar-refractivity contribution in [1.82, 2.24) is 19.8 Å². The maximum absolute atomic E-state index is 12.6. The Morgan fingerprint density at radius 2 is 2.36 bits per heavy atom. The highest BCUT2D eigenvalue weighted by molar-refractivity contribution is 6.29. The first-order valence-corrected chi connectivity index (χ1v) is 7.82. The molecule has 0 unspecified atom stereocenters. The van der Waals surface area contributed by atoms with Crippen LogP contribution in [-0.4, -0.2) is 32.3 Å². The third-order valence-electron chi connectivity index (χ3n) is 4.21. The summed E-state index contributed by atoms with van der Waals surface area (Å²) in [5, 5.41) is 8.31. The molecule has 0 N–H and O–H groups in total. The van der Waals surface area contributed by atoms with E-state index in [1.807, 2.05) is 31.3 Å². The van der Waals surface area contributed by atoms with Crippen molar-refractivity contribution in [2.75, 3.05) is 6.54 Å². The van der Waals surface area contributed by atoms with E-state index in [0.717, 1.165) is 36.2 Å². The Balaban J connectivity index is 1.66. The third kappa shape index (κ3) is 2.88. The molecule has 0 spiro atoms. The molecule has 1 amide bonds. The molecule has 0 bridgehead atoms.